The third kappa shape index (κ3) is 2.92. The molecule has 25 heavy (non-hydrogen) atoms. The van der Waals surface area contributed by atoms with Gasteiger partial charge in [0.1, 0.15) is 5.69 Å². The van der Waals surface area contributed by atoms with Gasteiger partial charge in [-0.2, -0.15) is 0 Å². The Morgan fingerprint density at radius 2 is 1.84 bits per heavy atom. The molecule has 8 nitrogen and oxygen atoms in total. The summed E-state index contributed by atoms with van der Waals surface area (Å²) in [6, 6.07) is 8.36. The first-order valence-corrected chi connectivity index (χ1v) is 7.12. The number of aromatic hydroxyl groups is 2. The van der Waals surface area contributed by atoms with Gasteiger partial charge in [0, 0.05) is 11.5 Å². The number of rotatable bonds is 3. The van der Waals surface area contributed by atoms with Gasteiger partial charge in [0.25, 0.3) is 0 Å². The first-order valence-electron chi connectivity index (χ1n) is 7.12. The maximum Gasteiger partial charge on any atom is 0.337 e. The zero-order valence-electron chi connectivity index (χ0n) is 12.9. The van der Waals surface area contributed by atoms with Gasteiger partial charge in [0.05, 0.1) is 5.56 Å². The van der Waals surface area contributed by atoms with Crippen LogP contribution in [0.3, 0.4) is 0 Å². The van der Waals surface area contributed by atoms with E-state index in [9.17, 15) is 19.8 Å². The Bertz CT molecular complexity index is 1080. The summed E-state index contributed by atoms with van der Waals surface area (Å²) in [5, 5.41) is 37.1. The van der Waals surface area contributed by atoms with Gasteiger partial charge in [-0.05, 0) is 30.7 Å². The molecule has 0 aliphatic rings. The normalized spacial score (nSPS) is 11.2. The van der Waals surface area contributed by atoms with Gasteiger partial charge in [-0.15, -0.1) is 10.2 Å². The molecule has 0 fully saturated rings. The molecule has 0 bridgehead atoms. The Morgan fingerprint density at radius 3 is 2.56 bits per heavy atom. The van der Waals surface area contributed by atoms with Crippen molar-refractivity contribution in [2.75, 3.05) is 0 Å². The van der Waals surface area contributed by atoms with Crippen LogP contribution in [0.4, 0.5) is 11.4 Å². The van der Waals surface area contributed by atoms with Crippen molar-refractivity contribution in [3.05, 3.63) is 57.9 Å². The molecular weight excluding hydrogens is 328 g/mol. The van der Waals surface area contributed by atoms with Crippen LogP contribution in [0.25, 0.3) is 11.0 Å². The molecule has 3 rings (SSSR count). The summed E-state index contributed by atoms with van der Waals surface area (Å²) in [5.74, 6) is -2.29. The molecule has 8 heteroatoms. The molecule has 0 saturated carbocycles. The Balaban J connectivity index is 2.24. The van der Waals surface area contributed by atoms with Crippen LogP contribution in [0, 0.1) is 6.92 Å². The number of phenolic OH excluding ortho intramolecular Hbond substituents is 2. The van der Waals surface area contributed by atoms with Gasteiger partial charge in [-0.1, -0.05) is 12.1 Å². The maximum absolute atomic E-state index is 11.6. The van der Waals surface area contributed by atoms with Gasteiger partial charge in [-0.25, -0.2) is 9.59 Å². The van der Waals surface area contributed by atoms with E-state index < -0.39 is 23.1 Å². The summed E-state index contributed by atoms with van der Waals surface area (Å²) in [4.78, 5) is 22.8. The second-order valence-electron chi connectivity index (χ2n) is 5.24. The second kappa shape index (κ2) is 6.08. The van der Waals surface area contributed by atoms with Crippen molar-refractivity contribution in [2.24, 2.45) is 10.2 Å². The van der Waals surface area contributed by atoms with Crippen LogP contribution in [0.2, 0.25) is 0 Å². The number of azo groups is 1. The van der Waals surface area contributed by atoms with E-state index >= 15 is 0 Å². The predicted molar refractivity (Wildman–Crippen MR) is 88.1 cm³/mol. The van der Waals surface area contributed by atoms with Gasteiger partial charge < -0.3 is 19.7 Å². The highest BCUT2D eigenvalue weighted by Gasteiger charge is 2.17. The largest absolute Gasteiger partial charge is 0.504 e. The molecule has 1 aromatic heterocycles. The first-order chi connectivity index (χ1) is 11.9. The van der Waals surface area contributed by atoms with E-state index in [4.69, 9.17) is 9.52 Å². The molecule has 1 heterocycles. The summed E-state index contributed by atoms with van der Waals surface area (Å²) >= 11 is 0. The van der Waals surface area contributed by atoms with E-state index in [0.29, 0.717) is 10.9 Å². The summed E-state index contributed by atoms with van der Waals surface area (Å²) in [7, 11) is 0. The average molecular weight is 340 g/mol. The zero-order valence-corrected chi connectivity index (χ0v) is 12.9. The van der Waals surface area contributed by atoms with Gasteiger partial charge in [0.15, 0.2) is 22.8 Å². The standard InChI is InChI=1S/C17H12N2O6/c1-8-6-13(21)25-16-10(8)7-12(20)15(22)14(16)19-18-11-5-3-2-4-9(11)17(23)24/h2-7,20,22H,1H3,(H,23,24). The number of carboxylic acid groups (broad SMARTS) is 1. The summed E-state index contributed by atoms with van der Waals surface area (Å²) in [6.07, 6.45) is 0. The van der Waals surface area contributed by atoms with Gasteiger partial charge in [-0.3, -0.25) is 0 Å². The number of benzene rings is 2. The number of aromatic carboxylic acids is 1. The van der Waals surface area contributed by atoms with Crippen molar-refractivity contribution in [1.29, 1.82) is 0 Å². The fourth-order valence-corrected chi connectivity index (χ4v) is 2.35. The van der Waals surface area contributed by atoms with E-state index in [1.165, 1.54) is 30.3 Å². The third-order valence-corrected chi connectivity index (χ3v) is 3.56. The van der Waals surface area contributed by atoms with E-state index in [2.05, 4.69) is 10.2 Å². The molecule has 0 aliphatic carbocycles. The third-order valence-electron chi connectivity index (χ3n) is 3.56. The molecule has 126 valence electrons. The fourth-order valence-electron chi connectivity index (χ4n) is 2.35. The van der Waals surface area contributed by atoms with Crippen LogP contribution < -0.4 is 5.63 Å². The van der Waals surface area contributed by atoms with E-state index in [1.807, 2.05) is 0 Å². The fraction of sp³-hybridized carbons (Fsp3) is 0.0588. The lowest BCUT2D eigenvalue weighted by Gasteiger charge is -2.07. The number of hydrogen-bond acceptors (Lipinski definition) is 7. The van der Waals surface area contributed by atoms with Gasteiger partial charge in [0.2, 0.25) is 0 Å². The molecule has 0 unspecified atom stereocenters. The Morgan fingerprint density at radius 1 is 1.12 bits per heavy atom. The average Bonchev–Trinajstić information content (AvgIpc) is 2.56. The highest BCUT2D eigenvalue weighted by atomic mass is 16.4. The highest BCUT2D eigenvalue weighted by molar-refractivity contribution is 5.95. The minimum atomic E-state index is -1.19. The number of hydrogen-bond donors (Lipinski definition) is 3. The van der Waals surface area contributed by atoms with Crippen LogP contribution in [-0.2, 0) is 0 Å². The monoisotopic (exact) mass is 340 g/mol. The maximum atomic E-state index is 11.6. The number of carbonyl (C=O) groups is 1. The van der Waals surface area contributed by atoms with Crippen LogP contribution in [0.15, 0.2) is 55.8 Å². The van der Waals surface area contributed by atoms with E-state index in [1.54, 1.807) is 13.0 Å². The molecule has 3 N–H and O–H groups in total. The lowest BCUT2D eigenvalue weighted by atomic mass is 10.1. The zero-order chi connectivity index (χ0) is 18.1. The van der Waals surface area contributed by atoms with E-state index in [-0.39, 0.29) is 22.5 Å². The van der Waals surface area contributed by atoms with Crippen LogP contribution in [0.1, 0.15) is 15.9 Å². The molecule has 0 spiro atoms. The minimum absolute atomic E-state index is 0.0425. The van der Waals surface area contributed by atoms with Gasteiger partial charge >= 0.3 is 11.6 Å². The Hall–Kier alpha value is -3.68. The quantitative estimate of drug-likeness (QED) is 0.379. The van der Waals surface area contributed by atoms with E-state index in [0.717, 1.165) is 0 Å². The predicted octanol–water partition coefficient (Wildman–Crippen LogP) is 3.63. The second-order valence-corrected chi connectivity index (χ2v) is 5.24. The molecule has 0 aliphatic heterocycles. The van der Waals surface area contributed by atoms with Crippen molar-refractivity contribution in [3.8, 4) is 11.5 Å². The molecule has 0 saturated heterocycles. The number of nitrogens with zero attached hydrogens (tertiary/aromatic N) is 2. The summed E-state index contributed by atoms with van der Waals surface area (Å²) < 4.78 is 5.08. The SMILES string of the molecule is Cc1cc(=O)oc2c(N=Nc3ccccc3C(=O)O)c(O)c(O)cc12. The Labute approximate surface area is 140 Å². The van der Waals surface area contributed by atoms with Crippen molar-refractivity contribution < 1.29 is 24.5 Å². The summed E-state index contributed by atoms with van der Waals surface area (Å²) in [6.45, 7) is 1.64. The molecule has 0 radical (unpaired) electrons. The first kappa shape index (κ1) is 16.2. The molecule has 0 atom stereocenters. The topological polar surface area (TPSA) is 133 Å². The lowest BCUT2D eigenvalue weighted by Crippen LogP contribution is -1.98. The van der Waals surface area contributed by atoms with Crippen LogP contribution >= 0.6 is 0 Å². The molecular formula is C17H12N2O6. The smallest absolute Gasteiger partial charge is 0.337 e. The number of carboxylic acids is 1. The number of phenols is 2. The van der Waals surface area contributed by atoms with Crippen LogP contribution in [0.5, 0.6) is 11.5 Å². The number of aryl methyl sites for hydroxylation is 1. The van der Waals surface area contributed by atoms with Crippen molar-refractivity contribution in [1.82, 2.24) is 0 Å². The van der Waals surface area contributed by atoms with Crippen LogP contribution in [-0.4, -0.2) is 21.3 Å². The highest BCUT2D eigenvalue weighted by Crippen LogP contribution is 2.43. The Kier molecular flexibility index (Phi) is 3.94. The molecule has 2 aromatic carbocycles. The molecule has 3 aromatic rings. The molecule has 0 amide bonds. The minimum Gasteiger partial charge on any atom is -0.504 e. The van der Waals surface area contributed by atoms with Crippen molar-refractivity contribution in [2.45, 2.75) is 6.92 Å². The number of fused-ring (bicyclic) bond motifs is 1. The summed E-state index contributed by atoms with van der Waals surface area (Å²) in [5.41, 5.74) is -0.511. The van der Waals surface area contributed by atoms with Crippen molar-refractivity contribution in [3.63, 3.8) is 0 Å². The van der Waals surface area contributed by atoms with Crippen molar-refractivity contribution >= 4 is 28.3 Å². The lowest BCUT2D eigenvalue weighted by molar-refractivity contribution is 0.0697.